The van der Waals surface area contributed by atoms with E-state index in [1.807, 2.05) is 38.1 Å². The molecular weight excluding hydrogens is 340 g/mol. The SMILES string of the molecule is CCCNC(=O)[C@H](C)NC(=O)CSc1nnnn1-c1ccc(C)cc1. The number of benzene rings is 1. The van der Waals surface area contributed by atoms with E-state index in [0.29, 0.717) is 11.7 Å². The summed E-state index contributed by atoms with van der Waals surface area (Å²) in [5.74, 6) is -0.315. The van der Waals surface area contributed by atoms with Crippen molar-refractivity contribution in [3.05, 3.63) is 29.8 Å². The normalized spacial score (nSPS) is 11.8. The predicted molar refractivity (Wildman–Crippen MR) is 95.5 cm³/mol. The largest absolute Gasteiger partial charge is 0.354 e. The van der Waals surface area contributed by atoms with E-state index in [1.54, 1.807) is 11.6 Å². The molecule has 8 nitrogen and oxygen atoms in total. The average molecular weight is 362 g/mol. The predicted octanol–water partition coefficient (Wildman–Crippen LogP) is 1.09. The number of tetrazole rings is 1. The van der Waals surface area contributed by atoms with Crippen LogP contribution in [0.25, 0.3) is 5.69 Å². The Morgan fingerprint density at radius 1 is 1.28 bits per heavy atom. The van der Waals surface area contributed by atoms with Crippen LogP contribution in [0.5, 0.6) is 0 Å². The molecule has 0 aliphatic rings. The summed E-state index contributed by atoms with van der Waals surface area (Å²) < 4.78 is 1.58. The summed E-state index contributed by atoms with van der Waals surface area (Å²) >= 11 is 1.22. The highest BCUT2D eigenvalue weighted by Gasteiger charge is 2.16. The van der Waals surface area contributed by atoms with Crippen LogP contribution in [0, 0.1) is 6.92 Å². The van der Waals surface area contributed by atoms with Crippen molar-refractivity contribution in [1.29, 1.82) is 0 Å². The van der Waals surface area contributed by atoms with Crippen molar-refractivity contribution in [2.24, 2.45) is 0 Å². The van der Waals surface area contributed by atoms with Gasteiger partial charge in [0.1, 0.15) is 6.04 Å². The number of hydrogen-bond donors (Lipinski definition) is 2. The van der Waals surface area contributed by atoms with Crippen LogP contribution in [-0.4, -0.2) is 50.4 Å². The maximum atomic E-state index is 12.0. The molecule has 0 saturated heterocycles. The van der Waals surface area contributed by atoms with Crippen molar-refractivity contribution >= 4 is 23.6 Å². The van der Waals surface area contributed by atoms with E-state index in [9.17, 15) is 9.59 Å². The lowest BCUT2D eigenvalue weighted by molar-refractivity contribution is -0.127. The fourth-order valence-electron chi connectivity index (χ4n) is 2.00. The molecule has 134 valence electrons. The first-order chi connectivity index (χ1) is 12.0. The standard InChI is InChI=1S/C16H22N6O2S/c1-4-9-17-15(24)12(3)18-14(23)10-25-16-19-20-21-22(16)13-7-5-11(2)6-8-13/h5-8,12H,4,9-10H2,1-3H3,(H,17,24)(H,18,23)/t12-/m0/s1. The van der Waals surface area contributed by atoms with E-state index in [0.717, 1.165) is 17.7 Å². The van der Waals surface area contributed by atoms with Crippen LogP contribution < -0.4 is 10.6 Å². The maximum Gasteiger partial charge on any atom is 0.242 e. The minimum atomic E-state index is -0.576. The Morgan fingerprint density at radius 3 is 2.68 bits per heavy atom. The van der Waals surface area contributed by atoms with Gasteiger partial charge in [0.25, 0.3) is 0 Å². The smallest absolute Gasteiger partial charge is 0.242 e. The second-order valence-corrected chi connectivity index (χ2v) is 6.52. The van der Waals surface area contributed by atoms with Gasteiger partial charge in [-0.25, -0.2) is 0 Å². The first-order valence-electron chi connectivity index (χ1n) is 8.06. The molecule has 1 aromatic heterocycles. The molecule has 0 spiro atoms. The second-order valence-electron chi connectivity index (χ2n) is 5.58. The minimum absolute atomic E-state index is 0.123. The van der Waals surface area contributed by atoms with Crippen LogP contribution in [-0.2, 0) is 9.59 Å². The summed E-state index contributed by atoms with van der Waals surface area (Å²) in [6.07, 6.45) is 0.851. The summed E-state index contributed by atoms with van der Waals surface area (Å²) in [6.45, 7) is 6.22. The van der Waals surface area contributed by atoms with Crippen molar-refractivity contribution < 1.29 is 9.59 Å². The molecule has 0 saturated carbocycles. The molecule has 1 atom stereocenters. The first kappa shape index (κ1) is 18.9. The third-order valence-electron chi connectivity index (χ3n) is 3.37. The number of carbonyl (C=O) groups excluding carboxylic acids is 2. The summed E-state index contributed by atoms with van der Waals surface area (Å²) in [7, 11) is 0. The van der Waals surface area contributed by atoms with Crippen molar-refractivity contribution in [3.63, 3.8) is 0 Å². The highest BCUT2D eigenvalue weighted by atomic mass is 32.2. The number of carbonyl (C=O) groups is 2. The number of rotatable bonds is 8. The highest BCUT2D eigenvalue weighted by molar-refractivity contribution is 7.99. The molecule has 2 aromatic rings. The van der Waals surface area contributed by atoms with Crippen LogP contribution in [0.1, 0.15) is 25.8 Å². The fraction of sp³-hybridized carbons (Fsp3) is 0.438. The van der Waals surface area contributed by atoms with Crippen LogP contribution in [0.4, 0.5) is 0 Å². The van der Waals surface area contributed by atoms with Crippen LogP contribution in [0.3, 0.4) is 0 Å². The second kappa shape index (κ2) is 9.16. The van der Waals surface area contributed by atoms with Crippen molar-refractivity contribution in [2.45, 2.75) is 38.4 Å². The average Bonchev–Trinajstić information content (AvgIpc) is 3.07. The lowest BCUT2D eigenvalue weighted by Gasteiger charge is -2.13. The van der Waals surface area contributed by atoms with Crippen LogP contribution in [0.15, 0.2) is 29.4 Å². The Morgan fingerprint density at radius 2 is 2.00 bits per heavy atom. The Hall–Kier alpha value is -2.42. The van der Waals surface area contributed by atoms with Gasteiger partial charge in [0.15, 0.2) is 0 Å². The molecule has 9 heteroatoms. The van der Waals surface area contributed by atoms with E-state index in [1.165, 1.54) is 11.8 Å². The number of amides is 2. The third-order valence-corrected chi connectivity index (χ3v) is 4.29. The highest BCUT2D eigenvalue weighted by Crippen LogP contribution is 2.18. The first-order valence-corrected chi connectivity index (χ1v) is 9.05. The number of hydrogen-bond acceptors (Lipinski definition) is 6. The van der Waals surface area contributed by atoms with E-state index >= 15 is 0 Å². The number of aromatic nitrogens is 4. The molecule has 2 rings (SSSR count). The minimum Gasteiger partial charge on any atom is -0.354 e. The molecule has 0 unspecified atom stereocenters. The summed E-state index contributed by atoms with van der Waals surface area (Å²) in [4.78, 5) is 23.8. The van der Waals surface area contributed by atoms with Gasteiger partial charge in [-0.1, -0.05) is 36.4 Å². The molecule has 0 aliphatic carbocycles. The van der Waals surface area contributed by atoms with Crippen molar-refractivity contribution in [1.82, 2.24) is 30.8 Å². The molecular formula is C16H22N6O2S. The maximum absolute atomic E-state index is 12.0. The topological polar surface area (TPSA) is 102 Å². The van der Waals surface area contributed by atoms with Gasteiger partial charge in [0.05, 0.1) is 11.4 Å². The summed E-state index contributed by atoms with van der Waals surface area (Å²) in [6, 6.07) is 7.18. The lowest BCUT2D eigenvalue weighted by Crippen LogP contribution is -2.45. The van der Waals surface area contributed by atoms with Gasteiger partial charge in [-0.15, -0.1) is 5.10 Å². The Bertz CT molecular complexity index is 716. The molecule has 2 amide bonds. The molecule has 0 radical (unpaired) electrons. The third kappa shape index (κ3) is 5.56. The van der Waals surface area contributed by atoms with Gasteiger partial charge in [-0.3, -0.25) is 9.59 Å². The number of nitrogens with one attached hydrogen (secondary N) is 2. The monoisotopic (exact) mass is 362 g/mol. The molecule has 0 bridgehead atoms. The van der Waals surface area contributed by atoms with E-state index in [-0.39, 0.29) is 17.6 Å². The molecule has 25 heavy (non-hydrogen) atoms. The van der Waals surface area contributed by atoms with E-state index in [2.05, 4.69) is 26.2 Å². The Kier molecular flexibility index (Phi) is 6.93. The number of aryl methyl sites for hydroxylation is 1. The van der Waals surface area contributed by atoms with Gasteiger partial charge in [0, 0.05) is 6.54 Å². The quantitative estimate of drug-likeness (QED) is 0.682. The summed E-state index contributed by atoms with van der Waals surface area (Å²) in [5.41, 5.74) is 1.96. The van der Waals surface area contributed by atoms with Gasteiger partial charge in [-0.2, -0.15) is 4.68 Å². The van der Waals surface area contributed by atoms with Gasteiger partial charge in [-0.05, 0) is 42.8 Å². The molecule has 0 aliphatic heterocycles. The van der Waals surface area contributed by atoms with Crippen molar-refractivity contribution in [2.75, 3.05) is 12.3 Å². The lowest BCUT2D eigenvalue weighted by atomic mass is 10.2. The zero-order chi connectivity index (χ0) is 18.2. The fourth-order valence-corrected chi connectivity index (χ4v) is 2.70. The number of nitrogens with zero attached hydrogens (tertiary/aromatic N) is 4. The van der Waals surface area contributed by atoms with Crippen LogP contribution in [0.2, 0.25) is 0 Å². The van der Waals surface area contributed by atoms with Gasteiger partial charge in [0.2, 0.25) is 17.0 Å². The number of thioether (sulfide) groups is 1. The van der Waals surface area contributed by atoms with Gasteiger partial charge < -0.3 is 10.6 Å². The van der Waals surface area contributed by atoms with E-state index < -0.39 is 6.04 Å². The Balaban J connectivity index is 1.89. The zero-order valence-electron chi connectivity index (χ0n) is 14.5. The molecule has 0 fully saturated rings. The van der Waals surface area contributed by atoms with E-state index in [4.69, 9.17) is 0 Å². The summed E-state index contributed by atoms with van der Waals surface area (Å²) in [5, 5.41) is 17.5. The van der Waals surface area contributed by atoms with Gasteiger partial charge >= 0.3 is 0 Å². The van der Waals surface area contributed by atoms with Crippen LogP contribution >= 0.6 is 11.8 Å². The van der Waals surface area contributed by atoms with Crippen molar-refractivity contribution in [3.8, 4) is 5.69 Å². The Labute approximate surface area is 150 Å². The molecule has 2 N–H and O–H groups in total. The zero-order valence-corrected chi connectivity index (χ0v) is 15.3. The molecule has 1 aromatic carbocycles. The molecule has 1 heterocycles.